The van der Waals surface area contributed by atoms with Crippen LogP contribution in [0.25, 0.3) is 0 Å². The van der Waals surface area contributed by atoms with Crippen LogP contribution in [0.2, 0.25) is 0 Å². The second-order valence-corrected chi connectivity index (χ2v) is 6.05. The molecule has 0 saturated heterocycles. The molecule has 6 nitrogen and oxygen atoms in total. The Bertz CT molecular complexity index is 668. The zero-order valence-corrected chi connectivity index (χ0v) is 15.2. The van der Waals surface area contributed by atoms with Crippen LogP contribution in [0.1, 0.15) is 32.1 Å². The minimum atomic E-state index is -0.326. The van der Waals surface area contributed by atoms with E-state index in [4.69, 9.17) is 13.9 Å². The van der Waals surface area contributed by atoms with Gasteiger partial charge in [-0.15, -0.1) is 0 Å². The van der Waals surface area contributed by atoms with Gasteiger partial charge in [0.2, 0.25) is 5.91 Å². The fraction of sp³-hybridized carbons (Fsp3) is 0.421. The van der Waals surface area contributed by atoms with Crippen molar-refractivity contribution in [1.82, 2.24) is 10.6 Å². The van der Waals surface area contributed by atoms with Crippen LogP contribution >= 0.6 is 0 Å². The van der Waals surface area contributed by atoms with Gasteiger partial charge in [-0.05, 0) is 50.6 Å². The number of benzene rings is 1. The minimum absolute atomic E-state index is 0.0794. The van der Waals surface area contributed by atoms with Crippen molar-refractivity contribution in [2.75, 3.05) is 7.11 Å². The number of hydrogen-bond acceptors (Lipinski definition) is 5. The van der Waals surface area contributed by atoms with Gasteiger partial charge in [-0.3, -0.25) is 4.79 Å². The molecule has 0 aliphatic carbocycles. The lowest BCUT2D eigenvalue weighted by Crippen LogP contribution is -2.41. The van der Waals surface area contributed by atoms with E-state index in [1.165, 1.54) is 0 Å². The van der Waals surface area contributed by atoms with Crippen LogP contribution in [0.4, 0.5) is 0 Å². The molecule has 136 valence electrons. The molecular weight excluding hydrogens is 320 g/mol. The third kappa shape index (κ3) is 5.83. The number of ether oxygens (including phenoxy) is 2. The maximum Gasteiger partial charge on any atom is 0.237 e. The Kier molecular flexibility index (Phi) is 6.89. The Hall–Kier alpha value is -2.47. The molecule has 2 rings (SSSR count). The second kappa shape index (κ2) is 9.13. The number of amides is 1. The van der Waals surface area contributed by atoms with E-state index in [0.29, 0.717) is 24.6 Å². The lowest BCUT2D eigenvalue weighted by atomic mass is 10.2. The fourth-order valence-corrected chi connectivity index (χ4v) is 2.28. The molecule has 1 unspecified atom stereocenters. The third-order valence-electron chi connectivity index (χ3n) is 3.61. The fourth-order valence-electron chi connectivity index (χ4n) is 2.28. The summed E-state index contributed by atoms with van der Waals surface area (Å²) in [6, 6.07) is 9.05. The first-order valence-electron chi connectivity index (χ1n) is 8.36. The van der Waals surface area contributed by atoms with Crippen LogP contribution in [0.15, 0.2) is 41.0 Å². The summed E-state index contributed by atoms with van der Waals surface area (Å²) in [4.78, 5) is 12.1. The van der Waals surface area contributed by atoms with Gasteiger partial charge in [-0.1, -0.05) is 6.07 Å². The van der Waals surface area contributed by atoms with Gasteiger partial charge in [0.15, 0.2) is 11.5 Å². The maximum atomic E-state index is 12.1. The largest absolute Gasteiger partial charge is 0.493 e. The highest BCUT2D eigenvalue weighted by Crippen LogP contribution is 2.28. The van der Waals surface area contributed by atoms with Crippen molar-refractivity contribution in [3.8, 4) is 11.5 Å². The normalized spacial score (nSPS) is 12.0. The standard InChI is InChI=1S/C19H26N2O4/c1-13(2)25-17-8-7-15(10-18(17)23-4)11-20-14(3)19(22)21-12-16-6-5-9-24-16/h5-10,13-14,20H,11-12H2,1-4H3,(H,21,22). The van der Waals surface area contributed by atoms with Gasteiger partial charge in [-0.2, -0.15) is 0 Å². The SMILES string of the molecule is COc1cc(CNC(C)C(=O)NCc2ccco2)ccc1OC(C)C. The first-order valence-corrected chi connectivity index (χ1v) is 8.36. The van der Waals surface area contributed by atoms with E-state index in [9.17, 15) is 4.79 Å². The highest BCUT2D eigenvalue weighted by molar-refractivity contribution is 5.81. The monoisotopic (exact) mass is 346 g/mol. The molecule has 0 spiro atoms. The summed E-state index contributed by atoms with van der Waals surface area (Å²) in [7, 11) is 1.62. The molecule has 2 N–H and O–H groups in total. The van der Waals surface area contributed by atoms with Crippen molar-refractivity contribution < 1.29 is 18.7 Å². The van der Waals surface area contributed by atoms with Crippen molar-refractivity contribution >= 4 is 5.91 Å². The lowest BCUT2D eigenvalue weighted by Gasteiger charge is -2.16. The number of nitrogens with one attached hydrogen (secondary N) is 2. The average molecular weight is 346 g/mol. The van der Waals surface area contributed by atoms with Gasteiger partial charge in [-0.25, -0.2) is 0 Å². The zero-order chi connectivity index (χ0) is 18.2. The molecule has 1 aromatic heterocycles. The van der Waals surface area contributed by atoms with E-state index in [1.54, 1.807) is 19.4 Å². The van der Waals surface area contributed by atoms with Crippen molar-refractivity contribution in [2.24, 2.45) is 0 Å². The summed E-state index contributed by atoms with van der Waals surface area (Å²) in [5.41, 5.74) is 1.01. The summed E-state index contributed by atoms with van der Waals surface area (Å²) < 4.78 is 16.3. The smallest absolute Gasteiger partial charge is 0.237 e. The van der Waals surface area contributed by atoms with E-state index in [2.05, 4.69) is 10.6 Å². The number of furan rings is 1. The predicted octanol–water partition coefficient (Wildman–Crippen LogP) is 2.87. The van der Waals surface area contributed by atoms with E-state index in [-0.39, 0.29) is 18.1 Å². The predicted molar refractivity (Wildman–Crippen MR) is 95.6 cm³/mol. The highest BCUT2D eigenvalue weighted by atomic mass is 16.5. The third-order valence-corrected chi connectivity index (χ3v) is 3.61. The molecule has 2 aromatic rings. The Balaban J connectivity index is 1.85. The zero-order valence-electron chi connectivity index (χ0n) is 15.2. The number of rotatable bonds is 9. The molecule has 0 radical (unpaired) electrons. The number of hydrogen-bond donors (Lipinski definition) is 2. The molecule has 25 heavy (non-hydrogen) atoms. The topological polar surface area (TPSA) is 72.7 Å². The Morgan fingerprint density at radius 3 is 2.60 bits per heavy atom. The molecule has 1 amide bonds. The molecule has 6 heteroatoms. The van der Waals surface area contributed by atoms with Crippen LogP contribution in [0, 0.1) is 0 Å². The number of carbonyl (C=O) groups is 1. The van der Waals surface area contributed by atoms with Crippen molar-refractivity contribution in [3.05, 3.63) is 47.9 Å². The summed E-state index contributed by atoms with van der Waals surface area (Å²) in [6.45, 7) is 6.70. The summed E-state index contributed by atoms with van der Waals surface area (Å²) in [5.74, 6) is 2.04. The first-order chi connectivity index (χ1) is 12.0. The van der Waals surface area contributed by atoms with Crippen LogP contribution < -0.4 is 20.1 Å². The maximum absolute atomic E-state index is 12.1. The Labute approximate surface area is 148 Å². The van der Waals surface area contributed by atoms with E-state index >= 15 is 0 Å². The quantitative estimate of drug-likeness (QED) is 0.730. The Morgan fingerprint density at radius 1 is 1.16 bits per heavy atom. The van der Waals surface area contributed by atoms with E-state index in [1.807, 2.05) is 45.0 Å². The van der Waals surface area contributed by atoms with Gasteiger partial charge in [0.25, 0.3) is 0 Å². The van der Waals surface area contributed by atoms with Crippen LogP contribution in [-0.4, -0.2) is 25.2 Å². The van der Waals surface area contributed by atoms with Crippen molar-refractivity contribution in [3.63, 3.8) is 0 Å². The first kappa shape index (κ1) is 18.9. The van der Waals surface area contributed by atoms with Crippen LogP contribution in [-0.2, 0) is 17.9 Å². The molecule has 0 bridgehead atoms. The molecule has 0 saturated carbocycles. The summed E-state index contributed by atoms with van der Waals surface area (Å²) in [6.07, 6.45) is 1.67. The molecule has 0 aliphatic heterocycles. The summed E-state index contributed by atoms with van der Waals surface area (Å²) >= 11 is 0. The molecule has 0 fully saturated rings. The number of carbonyl (C=O) groups excluding carboxylic acids is 1. The highest BCUT2D eigenvalue weighted by Gasteiger charge is 2.13. The number of methoxy groups -OCH3 is 1. The molecule has 0 aliphatic rings. The van der Waals surface area contributed by atoms with Gasteiger partial charge < -0.3 is 24.5 Å². The molecule has 1 heterocycles. The minimum Gasteiger partial charge on any atom is -0.493 e. The Morgan fingerprint density at radius 2 is 1.96 bits per heavy atom. The molecular formula is C19H26N2O4. The van der Waals surface area contributed by atoms with Crippen LogP contribution in [0.5, 0.6) is 11.5 Å². The average Bonchev–Trinajstić information content (AvgIpc) is 3.11. The van der Waals surface area contributed by atoms with Gasteiger partial charge >= 0.3 is 0 Å². The van der Waals surface area contributed by atoms with Crippen LogP contribution in [0.3, 0.4) is 0 Å². The van der Waals surface area contributed by atoms with E-state index < -0.39 is 0 Å². The van der Waals surface area contributed by atoms with E-state index in [0.717, 1.165) is 11.3 Å². The van der Waals surface area contributed by atoms with Gasteiger partial charge in [0.05, 0.1) is 32.1 Å². The van der Waals surface area contributed by atoms with Gasteiger partial charge in [0, 0.05) is 6.54 Å². The lowest BCUT2D eigenvalue weighted by molar-refractivity contribution is -0.123. The molecule has 1 atom stereocenters. The second-order valence-electron chi connectivity index (χ2n) is 6.05. The van der Waals surface area contributed by atoms with Crippen molar-refractivity contribution in [2.45, 2.75) is 46.0 Å². The molecule has 1 aromatic carbocycles. The van der Waals surface area contributed by atoms with Crippen molar-refractivity contribution in [1.29, 1.82) is 0 Å². The van der Waals surface area contributed by atoms with Gasteiger partial charge in [0.1, 0.15) is 5.76 Å². The summed E-state index contributed by atoms with van der Waals surface area (Å²) in [5, 5.41) is 6.04.